The molecule has 5 rings (SSSR count). The van der Waals surface area contributed by atoms with Gasteiger partial charge in [0.15, 0.2) is 0 Å². The van der Waals surface area contributed by atoms with E-state index in [-0.39, 0.29) is 5.91 Å². The minimum Gasteiger partial charge on any atom is -0.477 e. The Labute approximate surface area is 215 Å². The Morgan fingerprint density at radius 1 is 1.19 bits per heavy atom. The van der Waals surface area contributed by atoms with Gasteiger partial charge in [0, 0.05) is 24.8 Å². The number of halogens is 1. The molecule has 3 aromatic heterocycles. The van der Waals surface area contributed by atoms with Gasteiger partial charge in [-0.3, -0.25) is 15.1 Å². The molecular formula is C27H31ClN6O2. The summed E-state index contributed by atoms with van der Waals surface area (Å²) in [5, 5.41) is 8.01. The Bertz CT molecular complexity index is 1450. The summed E-state index contributed by atoms with van der Waals surface area (Å²) in [5.74, 6) is 1.53. The Morgan fingerprint density at radius 2 is 2.00 bits per heavy atom. The van der Waals surface area contributed by atoms with Crippen LogP contribution in [0, 0.1) is 12.8 Å². The number of hydrogen-bond donors (Lipinski definition) is 1. The highest BCUT2D eigenvalue weighted by Crippen LogP contribution is 2.33. The van der Waals surface area contributed by atoms with Crippen LogP contribution >= 0.6 is 11.6 Å². The summed E-state index contributed by atoms with van der Waals surface area (Å²) in [6, 6.07) is 7.64. The van der Waals surface area contributed by atoms with E-state index in [1.165, 1.54) is 0 Å². The van der Waals surface area contributed by atoms with Gasteiger partial charge in [0.2, 0.25) is 11.8 Å². The molecule has 0 radical (unpaired) electrons. The smallest absolute Gasteiger partial charge is 0.258 e. The maximum absolute atomic E-state index is 13.5. The third-order valence-electron chi connectivity index (χ3n) is 6.67. The first-order chi connectivity index (χ1) is 17.2. The zero-order chi connectivity index (χ0) is 25.6. The van der Waals surface area contributed by atoms with Crippen molar-refractivity contribution in [3.8, 4) is 17.1 Å². The molecule has 0 unspecified atom stereocenters. The van der Waals surface area contributed by atoms with Gasteiger partial charge in [-0.25, -0.2) is 9.67 Å². The number of benzene rings is 1. The van der Waals surface area contributed by atoms with E-state index in [2.05, 4.69) is 46.8 Å². The number of ether oxygens (including phenoxy) is 1. The predicted molar refractivity (Wildman–Crippen MR) is 142 cm³/mol. The van der Waals surface area contributed by atoms with Crippen LogP contribution in [-0.2, 0) is 13.6 Å². The third kappa shape index (κ3) is 4.57. The van der Waals surface area contributed by atoms with Crippen molar-refractivity contribution in [3.63, 3.8) is 0 Å². The lowest BCUT2D eigenvalue weighted by molar-refractivity contribution is 0.102. The van der Waals surface area contributed by atoms with Crippen molar-refractivity contribution in [2.24, 2.45) is 13.0 Å². The molecule has 0 aliphatic carbocycles. The van der Waals surface area contributed by atoms with Crippen LogP contribution in [0.1, 0.15) is 61.1 Å². The number of nitrogens with zero attached hydrogens (tertiary/aromatic N) is 5. The van der Waals surface area contributed by atoms with Gasteiger partial charge < -0.3 is 9.30 Å². The molecule has 1 aliphatic rings. The predicted octanol–water partition coefficient (Wildman–Crippen LogP) is 5.98. The van der Waals surface area contributed by atoms with Crippen LogP contribution in [0.5, 0.6) is 5.88 Å². The van der Waals surface area contributed by atoms with Crippen molar-refractivity contribution in [1.29, 1.82) is 0 Å². The molecule has 2 bridgehead atoms. The van der Waals surface area contributed by atoms with Crippen LogP contribution in [0.3, 0.4) is 0 Å². The second-order valence-electron chi connectivity index (χ2n) is 9.99. The molecule has 36 heavy (non-hydrogen) atoms. The molecule has 188 valence electrons. The monoisotopic (exact) mass is 506 g/mol. The number of carbonyl (C=O) groups is 1. The van der Waals surface area contributed by atoms with E-state index < -0.39 is 0 Å². The summed E-state index contributed by atoms with van der Waals surface area (Å²) in [5.41, 5.74) is 5.38. The summed E-state index contributed by atoms with van der Waals surface area (Å²) in [6.45, 7) is 9.61. The normalized spacial score (nSPS) is 16.6. The Balaban J connectivity index is 1.64. The van der Waals surface area contributed by atoms with E-state index in [0.29, 0.717) is 58.6 Å². The van der Waals surface area contributed by atoms with Gasteiger partial charge in [0.25, 0.3) is 5.91 Å². The molecule has 1 N–H and O–H groups in total. The molecule has 9 heteroatoms. The highest BCUT2D eigenvalue weighted by molar-refractivity contribution is 6.35. The second-order valence-corrected chi connectivity index (χ2v) is 10.4. The molecule has 0 fully saturated rings. The number of aryl methyl sites for hydroxylation is 2. The number of carbonyl (C=O) groups excluding carboxylic acids is 1. The van der Waals surface area contributed by atoms with E-state index in [1.807, 2.05) is 20.0 Å². The number of aromatic nitrogens is 5. The van der Waals surface area contributed by atoms with Crippen molar-refractivity contribution in [3.05, 3.63) is 52.3 Å². The standard InChI is InChI=1S/C27H31ClN6O2/c1-15(2)18-10-21(28)24-23(12-18)34-14-16(3)7-6-8-36-26-20(13-29-33(26)5)22-11-19(9-17(4)30-22)25(35)32-27(34)31-24/h9-13,15-16H,6-8,14H2,1-5H3,(H,31,32,35)/t16-/m1/s1. The molecule has 8 nitrogen and oxygen atoms in total. The fourth-order valence-corrected chi connectivity index (χ4v) is 4.97. The van der Waals surface area contributed by atoms with Crippen molar-refractivity contribution in [2.45, 2.75) is 53.0 Å². The average molecular weight is 507 g/mol. The molecule has 1 aromatic carbocycles. The number of imidazole rings is 1. The number of pyridine rings is 1. The molecule has 0 saturated heterocycles. The molecular weight excluding hydrogens is 476 g/mol. The summed E-state index contributed by atoms with van der Waals surface area (Å²) in [6.07, 6.45) is 3.56. The molecule has 4 aromatic rings. The Morgan fingerprint density at radius 3 is 2.78 bits per heavy atom. The van der Waals surface area contributed by atoms with Gasteiger partial charge in [-0.1, -0.05) is 32.4 Å². The van der Waals surface area contributed by atoms with E-state index in [1.54, 1.807) is 23.0 Å². The first kappa shape index (κ1) is 24.3. The van der Waals surface area contributed by atoms with Crippen molar-refractivity contribution < 1.29 is 9.53 Å². The lowest BCUT2D eigenvalue weighted by atomic mass is 10.0. The van der Waals surface area contributed by atoms with Gasteiger partial charge >= 0.3 is 0 Å². The summed E-state index contributed by atoms with van der Waals surface area (Å²) < 4.78 is 9.95. The number of anilines is 1. The highest BCUT2D eigenvalue weighted by atomic mass is 35.5. The third-order valence-corrected chi connectivity index (χ3v) is 6.96. The quantitative estimate of drug-likeness (QED) is 0.343. The fraction of sp³-hybridized carbons (Fsp3) is 0.407. The maximum Gasteiger partial charge on any atom is 0.258 e. The molecule has 0 spiro atoms. The van der Waals surface area contributed by atoms with Crippen molar-refractivity contribution >= 4 is 34.5 Å². The zero-order valence-electron chi connectivity index (χ0n) is 21.3. The lowest BCUT2D eigenvalue weighted by Gasteiger charge is -2.16. The minimum atomic E-state index is -0.257. The van der Waals surface area contributed by atoms with Crippen LogP contribution in [0.25, 0.3) is 22.3 Å². The number of hydrogen-bond acceptors (Lipinski definition) is 5. The molecule has 1 atom stereocenters. The number of amides is 1. The maximum atomic E-state index is 13.5. The van der Waals surface area contributed by atoms with Crippen molar-refractivity contribution in [2.75, 3.05) is 11.9 Å². The summed E-state index contributed by atoms with van der Waals surface area (Å²) in [4.78, 5) is 22.9. The topological polar surface area (TPSA) is 86.9 Å². The van der Waals surface area contributed by atoms with Crippen LogP contribution < -0.4 is 10.1 Å². The summed E-state index contributed by atoms with van der Waals surface area (Å²) >= 11 is 6.66. The minimum absolute atomic E-state index is 0.257. The van der Waals surface area contributed by atoms with Gasteiger partial charge in [0.1, 0.15) is 5.52 Å². The van der Waals surface area contributed by atoms with Gasteiger partial charge in [0.05, 0.1) is 34.6 Å². The zero-order valence-corrected chi connectivity index (χ0v) is 22.1. The Kier molecular flexibility index (Phi) is 6.47. The lowest BCUT2D eigenvalue weighted by Crippen LogP contribution is -2.18. The van der Waals surface area contributed by atoms with Crippen LogP contribution in [-0.4, -0.2) is 36.8 Å². The average Bonchev–Trinajstić information content (AvgIpc) is 3.36. The van der Waals surface area contributed by atoms with Crippen LogP contribution in [0.4, 0.5) is 5.95 Å². The molecule has 1 aliphatic heterocycles. The van der Waals surface area contributed by atoms with Crippen LogP contribution in [0.15, 0.2) is 30.5 Å². The SMILES string of the molecule is Cc1cc2cc(n1)-c1cnn(C)c1OCCC[C@@H](C)Cn1c(nc3c(Cl)cc(C(C)C)cc31)NC2=O. The van der Waals surface area contributed by atoms with Crippen molar-refractivity contribution in [1.82, 2.24) is 24.3 Å². The highest BCUT2D eigenvalue weighted by Gasteiger charge is 2.22. The number of nitrogens with one attached hydrogen (secondary N) is 1. The Hall–Kier alpha value is -3.39. The first-order valence-electron chi connectivity index (χ1n) is 12.4. The first-order valence-corrected chi connectivity index (χ1v) is 12.7. The van der Waals surface area contributed by atoms with Crippen LogP contribution in [0.2, 0.25) is 5.02 Å². The van der Waals surface area contributed by atoms with E-state index in [9.17, 15) is 4.79 Å². The molecule has 0 saturated carbocycles. The molecule has 1 amide bonds. The number of rotatable bonds is 1. The largest absolute Gasteiger partial charge is 0.477 e. The van der Waals surface area contributed by atoms with E-state index >= 15 is 0 Å². The molecule has 4 heterocycles. The van der Waals surface area contributed by atoms with Gasteiger partial charge in [-0.05, 0) is 61.4 Å². The van der Waals surface area contributed by atoms with Gasteiger partial charge in [-0.2, -0.15) is 5.10 Å². The summed E-state index contributed by atoms with van der Waals surface area (Å²) in [7, 11) is 1.85. The van der Waals surface area contributed by atoms with Gasteiger partial charge in [-0.15, -0.1) is 0 Å². The second kappa shape index (κ2) is 9.58. The fourth-order valence-electron chi connectivity index (χ4n) is 4.70. The van der Waals surface area contributed by atoms with E-state index in [4.69, 9.17) is 21.3 Å². The van der Waals surface area contributed by atoms with E-state index in [0.717, 1.165) is 35.2 Å². The number of fused-ring (bicyclic) bond motifs is 7.